The Bertz CT molecular complexity index is 2180. The first-order valence-electron chi connectivity index (χ1n) is 40.2. The molecule has 582 valence electrons. The second-order valence-corrected chi connectivity index (χ2v) is 29.9. The molecule has 0 amide bonds. The van der Waals surface area contributed by atoms with E-state index in [9.17, 15) is 43.2 Å². The van der Waals surface area contributed by atoms with Crippen molar-refractivity contribution in [2.45, 2.75) is 380 Å². The van der Waals surface area contributed by atoms with E-state index in [4.69, 9.17) is 37.0 Å². The maximum absolute atomic E-state index is 13.1. The number of hydrogen-bond donors (Lipinski definition) is 3. The Morgan fingerprint density at radius 1 is 0.280 bits per heavy atom. The first-order valence-corrected chi connectivity index (χ1v) is 43.2. The molecular weight excluding hydrogens is 1310 g/mol. The number of hydrogen-bond acceptors (Lipinski definition) is 15. The van der Waals surface area contributed by atoms with E-state index >= 15 is 0 Å². The summed E-state index contributed by atoms with van der Waals surface area (Å²) in [6, 6.07) is 0. The minimum atomic E-state index is -4.98. The van der Waals surface area contributed by atoms with Gasteiger partial charge in [0, 0.05) is 25.7 Å². The SMILES string of the molecule is CCCCC/C=C\C/C=C\C/C=C\C/C=C\CCCC(=O)O[C@H](COC(=O)CCCCCCCCCCCCCCC)COP(=O)(O)OC[C@H](O)COP(=O)(O)OC[C@@H](COC(=O)CCCCCCC/C=C\CCCCCCCC)OC(=O)CCCCCCCCC/C=C\CCCCCC. The number of phosphoric ester groups is 2. The van der Waals surface area contributed by atoms with Crippen molar-refractivity contribution in [1.82, 2.24) is 0 Å². The fraction of sp³-hybridized carbons (Fsp3) is 0.802. The van der Waals surface area contributed by atoms with Crippen molar-refractivity contribution in [1.29, 1.82) is 0 Å². The van der Waals surface area contributed by atoms with Gasteiger partial charge in [-0.2, -0.15) is 0 Å². The summed E-state index contributed by atoms with van der Waals surface area (Å²) >= 11 is 0. The van der Waals surface area contributed by atoms with Crippen LogP contribution >= 0.6 is 15.6 Å². The summed E-state index contributed by atoms with van der Waals surface area (Å²) in [5.41, 5.74) is 0. The minimum Gasteiger partial charge on any atom is -0.462 e. The van der Waals surface area contributed by atoms with Crippen molar-refractivity contribution >= 4 is 39.5 Å². The zero-order valence-corrected chi connectivity index (χ0v) is 65.4. The van der Waals surface area contributed by atoms with Crippen LogP contribution in [0, 0.1) is 0 Å². The van der Waals surface area contributed by atoms with E-state index in [-0.39, 0.29) is 25.7 Å². The molecule has 3 N–H and O–H groups in total. The Hall–Kier alpha value is -3.50. The van der Waals surface area contributed by atoms with Crippen molar-refractivity contribution in [3.63, 3.8) is 0 Å². The largest absolute Gasteiger partial charge is 0.472 e. The predicted octanol–water partition coefficient (Wildman–Crippen LogP) is 23.2. The lowest BCUT2D eigenvalue weighted by Crippen LogP contribution is -2.30. The number of allylic oxidation sites excluding steroid dienone is 12. The van der Waals surface area contributed by atoms with Gasteiger partial charge in [0.05, 0.1) is 26.4 Å². The first-order chi connectivity index (χ1) is 48.7. The Morgan fingerprint density at radius 2 is 0.500 bits per heavy atom. The van der Waals surface area contributed by atoms with Crippen LogP contribution in [-0.2, 0) is 65.4 Å². The van der Waals surface area contributed by atoms with Crippen molar-refractivity contribution in [2.75, 3.05) is 39.6 Å². The minimum absolute atomic E-state index is 0.0230. The summed E-state index contributed by atoms with van der Waals surface area (Å²) in [6.07, 6.45) is 74.5. The third-order valence-electron chi connectivity index (χ3n) is 17.1. The van der Waals surface area contributed by atoms with E-state index < -0.39 is 97.5 Å². The molecule has 0 aliphatic rings. The van der Waals surface area contributed by atoms with Gasteiger partial charge in [0.1, 0.15) is 19.3 Å². The molecule has 0 heterocycles. The van der Waals surface area contributed by atoms with Crippen LogP contribution in [0.1, 0.15) is 362 Å². The predicted molar refractivity (Wildman–Crippen MR) is 409 cm³/mol. The molecule has 0 rings (SSSR count). The van der Waals surface area contributed by atoms with Gasteiger partial charge in [-0.05, 0) is 116 Å². The van der Waals surface area contributed by atoms with Crippen LogP contribution in [0.25, 0.3) is 0 Å². The number of carbonyl (C=O) groups excluding carboxylic acids is 4. The Kier molecular flexibility index (Phi) is 71.2. The molecule has 0 radical (unpaired) electrons. The summed E-state index contributed by atoms with van der Waals surface area (Å²) < 4.78 is 68.5. The summed E-state index contributed by atoms with van der Waals surface area (Å²) in [5, 5.41) is 10.6. The van der Waals surface area contributed by atoms with Gasteiger partial charge in [0.15, 0.2) is 12.2 Å². The lowest BCUT2D eigenvalue weighted by Gasteiger charge is -2.21. The number of carbonyl (C=O) groups is 4. The molecule has 17 nitrogen and oxygen atoms in total. The number of aliphatic hydroxyl groups is 1. The quantitative estimate of drug-likeness (QED) is 0.0169. The molecule has 0 fully saturated rings. The molecule has 0 aromatic rings. The van der Waals surface area contributed by atoms with Crippen LogP contribution in [0.5, 0.6) is 0 Å². The van der Waals surface area contributed by atoms with Crippen LogP contribution in [0.3, 0.4) is 0 Å². The molecular formula is C81H146O17P2. The van der Waals surface area contributed by atoms with Crippen LogP contribution in [-0.4, -0.2) is 96.7 Å². The van der Waals surface area contributed by atoms with Crippen LogP contribution < -0.4 is 0 Å². The lowest BCUT2D eigenvalue weighted by molar-refractivity contribution is -0.161. The average Bonchev–Trinajstić information content (AvgIpc) is 1.13. The molecule has 2 unspecified atom stereocenters. The number of phosphoric acid groups is 2. The summed E-state index contributed by atoms with van der Waals surface area (Å²) in [4.78, 5) is 72.9. The molecule has 19 heteroatoms. The van der Waals surface area contributed by atoms with Crippen molar-refractivity contribution < 1.29 is 80.2 Å². The standard InChI is InChI=1S/C81H146O17P2/c1-5-9-13-17-21-25-29-33-36-37-40-44-48-52-56-60-64-68-81(86)98-76(71-91-78(83)65-61-57-53-49-45-41-32-28-24-20-16-12-8-4)73-95-99(87,88)93-69-75(82)70-94-100(89,90)96-74-77(97-80(85)67-63-59-55-51-47-43-39-35-31-27-23-19-15-11-7-3)72-92-79(84)66-62-58-54-50-46-42-38-34-30-26-22-18-14-10-6-2/h21,25,27,31,33-34,36,38,40,44,52,56,75-77,82H,5-20,22-24,26,28-30,32,35,37,39,41-43,45-51,53-55,57-74H2,1-4H3,(H,87,88)(H,89,90)/b25-21-,31-27-,36-33-,38-34-,44-40-,56-52-/t75-,76+,77+/m0/s1. The maximum Gasteiger partial charge on any atom is 0.472 e. The fourth-order valence-electron chi connectivity index (χ4n) is 11.0. The highest BCUT2D eigenvalue weighted by Gasteiger charge is 2.30. The molecule has 0 bridgehead atoms. The monoisotopic (exact) mass is 1450 g/mol. The Labute approximate surface area is 609 Å². The number of unbranched alkanes of at least 4 members (excludes halogenated alkanes) is 38. The number of rotatable bonds is 76. The highest BCUT2D eigenvalue weighted by atomic mass is 31.2. The smallest absolute Gasteiger partial charge is 0.462 e. The molecule has 5 atom stereocenters. The number of ether oxygens (including phenoxy) is 4. The zero-order valence-electron chi connectivity index (χ0n) is 63.6. The molecule has 0 spiro atoms. The molecule has 0 saturated heterocycles. The van der Waals surface area contributed by atoms with E-state index in [2.05, 4.69) is 88.5 Å². The Morgan fingerprint density at radius 3 is 0.830 bits per heavy atom. The topological polar surface area (TPSA) is 237 Å². The van der Waals surface area contributed by atoms with E-state index in [0.717, 1.165) is 135 Å². The maximum atomic E-state index is 13.1. The van der Waals surface area contributed by atoms with Gasteiger partial charge in [0.25, 0.3) is 0 Å². The summed E-state index contributed by atoms with van der Waals surface area (Å²) in [5.74, 6) is -2.23. The fourth-order valence-corrected chi connectivity index (χ4v) is 12.5. The molecule has 0 aromatic carbocycles. The van der Waals surface area contributed by atoms with Crippen molar-refractivity contribution in [3.8, 4) is 0 Å². The number of aliphatic hydroxyl groups excluding tert-OH is 1. The lowest BCUT2D eigenvalue weighted by atomic mass is 10.0. The van der Waals surface area contributed by atoms with E-state index in [0.29, 0.717) is 32.1 Å². The van der Waals surface area contributed by atoms with Gasteiger partial charge >= 0.3 is 39.5 Å². The van der Waals surface area contributed by atoms with Crippen LogP contribution in [0.4, 0.5) is 0 Å². The van der Waals surface area contributed by atoms with E-state index in [1.165, 1.54) is 141 Å². The van der Waals surface area contributed by atoms with Gasteiger partial charge in [-0.1, -0.05) is 293 Å². The third kappa shape index (κ3) is 72.8. The molecule has 0 aromatic heterocycles. The highest BCUT2D eigenvalue weighted by Crippen LogP contribution is 2.45. The van der Waals surface area contributed by atoms with Gasteiger partial charge in [0.2, 0.25) is 0 Å². The van der Waals surface area contributed by atoms with Crippen molar-refractivity contribution in [3.05, 3.63) is 72.9 Å². The summed E-state index contributed by atoms with van der Waals surface area (Å²) in [7, 11) is -9.96. The first kappa shape index (κ1) is 96.5. The highest BCUT2D eigenvalue weighted by molar-refractivity contribution is 7.47. The molecule has 0 aliphatic heterocycles. The van der Waals surface area contributed by atoms with Crippen molar-refractivity contribution in [2.24, 2.45) is 0 Å². The van der Waals surface area contributed by atoms with Gasteiger partial charge in [-0.25, -0.2) is 9.13 Å². The number of esters is 4. The third-order valence-corrected chi connectivity index (χ3v) is 19.0. The molecule has 0 saturated carbocycles. The van der Waals surface area contributed by atoms with Gasteiger partial charge in [-0.3, -0.25) is 37.3 Å². The van der Waals surface area contributed by atoms with Gasteiger partial charge in [-0.15, -0.1) is 0 Å². The zero-order chi connectivity index (χ0) is 73.2. The molecule has 0 aliphatic carbocycles. The Balaban J connectivity index is 5.38. The molecule has 100 heavy (non-hydrogen) atoms. The van der Waals surface area contributed by atoms with Gasteiger partial charge < -0.3 is 33.8 Å². The second-order valence-electron chi connectivity index (χ2n) is 27.0. The van der Waals surface area contributed by atoms with E-state index in [1.54, 1.807) is 0 Å². The summed E-state index contributed by atoms with van der Waals surface area (Å²) in [6.45, 7) is 4.81. The second kappa shape index (κ2) is 73.8. The van der Waals surface area contributed by atoms with Crippen LogP contribution in [0.2, 0.25) is 0 Å². The van der Waals surface area contributed by atoms with E-state index in [1.807, 2.05) is 12.2 Å². The van der Waals surface area contributed by atoms with Crippen LogP contribution in [0.15, 0.2) is 72.9 Å². The normalized spacial score (nSPS) is 14.3. The average molecular weight is 1450 g/mol.